The molecule has 0 bridgehead atoms. The van der Waals surface area contributed by atoms with Gasteiger partial charge in [-0.05, 0) is 41.0 Å². The highest BCUT2D eigenvalue weighted by molar-refractivity contribution is 5.49. The van der Waals surface area contributed by atoms with E-state index in [-0.39, 0.29) is 19.8 Å². The lowest BCUT2D eigenvalue weighted by atomic mass is 9.80. The molecule has 3 aromatic carbocycles. The third kappa shape index (κ3) is 10.9. The second kappa shape index (κ2) is 20.0. The van der Waals surface area contributed by atoms with E-state index < -0.39 is 11.9 Å². The number of aliphatic hydroxyl groups is 2. The molecular formula is C33H44O10. The molecule has 1 atom stereocenters. The summed E-state index contributed by atoms with van der Waals surface area (Å²) in [6.45, 7) is 3.04. The van der Waals surface area contributed by atoms with Gasteiger partial charge in [-0.25, -0.2) is 0 Å². The van der Waals surface area contributed by atoms with E-state index in [2.05, 4.69) is 0 Å². The molecule has 0 amide bonds. The van der Waals surface area contributed by atoms with Crippen molar-refractivity contribution in [3.05, 3.63) is 95.6 Å². The summed E-state index contributed by atoms with van der Waals surface area (Å²) in [5.74, 6) is 1.43. The second-order valence-corrected chi connectivity index (χ2v) is 9.28. The molecule has 0 fully saturated rings. The quantitative estimate of drug-likeness (QED) is 0.0954. The summed E-state index contributed by atoms with van der Waals surface area (Å²) < 4.78 is 45.1. The van der Waals surface area contributed by atoms with Crippen molar-refractivity contribution in [2.24, 2.45) is 0 Å². The number of aliphatic hydroxyl groups excluding tert-OH is 2. The number of hydrogen-bond acceptors (Lipinski definition) is 10. The van der Waals surface area contributed by atoms with Crippen LogP contribution in [-0.2, 0) is 34.0 Å². The molecule has 0 aliphatic heterocycles. The minimum Gasteiger partial charge on any atom is -0.497 e. The van der Waals surface area contributed by atoms with E-state index in [1.165, 1.54) is 0 Å². The Kier molecular flexibility index (Phi) is 16.0. The largest absolute Gasteiger partial charge is 0.497 e. The van der Waals surface area contributed by atoms with Gasteiger partial charge in [-0.3, -0.25) is 0 Å². The maximum absolute atomic E-state index is 10.3. The Morgan fingerprint density at radius 3 is 1.37 bits per heavy atom. The van der Waals surface area contributed by atoms with Crippen LogP contribution in [0.3, 0.4) is 0 Å². The van der Waals surface area contributed by atoms with Crippen LogP contribution in [-0.4, -0.2) is 103 Å². The predicted octanol–water partition coefficient (Wildman–Crippen LogP) is 3.41. The molecule has 0 saturated carbocycles. The highest BCUT2D eigenvalue weighted by Gasteiger charge is 2.40. The Balaban J connectivity index is 1.61. The van der Waals surface area contributed by atoms with Crippen molar-refractivity contribution in [2.75, 3.05) is 86.9 Å². The average molecular weight is 601 g/mol. The van der Waals surface area contributed by atoms with Gasteiger partial charge in [-0.2, -0.15) is 0 Å². The van der Waals surface area contributed by atoms with E-state index in [9.17, 15) is 5.11 Å². The monoisotopic (exact) mass is 600 g/mol. The smallest absolute Gasteiger partial charge is 0.182 e. The van der Waals surface area contributed by atoms with Gasteiger partial charge in [0.2, 0.25) is 0 Å². The van der Waals surface area contributed by atoms with Crippen LogP contribution in [0.5, 0.6) is 11.5 Å². The molecule has 236 valence electrons. The fourth-order valence-corrected chi connectivity index (χ4v) is 4.41. The van der Waals surface area contributed by atoms with Gasteiger partial charge < -0.3 is 48.1 Å². The van der Waals surface area contributed by atoms with E-state index in [1.807, 2.05) is 78.9 Å². The van der Waals surface area contributed by atoms with Crippen LogP contribution < -0.4 is 9.47 Å². The van der Waals surface area contributed by atoms with Gasteiger partial charge in [0.25, 0.3) is 0 Å². The lowest BCUT2D eigenvalue weighted by molar-refractivity contribution is -0.210. The van der Waals surface area contributed by atoms with Gasteiger partial charge in [0.05, 0.1) is 86.9 Å². The lowest BCUT2D eigenvalue weighted by Crippen LogP contribution is -2.39. The normalized spacial score (nSPS) is 12.3. The number of methoxy groups -OCH3 is 2. The van der Waals surface area contributed by atoms with Gasteiger partial charge in [0.15, 0.2) is 6.29 Å². The maximum atomic E-state index is 10.3. The standard InChI is InChI=1S/C33H44O10/c1-36-30-12-8-28(9-13-30)33(27-6-4-3-5-7-27,29-10-14-31(37-2)15-11-29)43-32(26-35)42-25-24-41-23-22-40-21-20-39-19-18-38-17-16-34/h3-15,32,34-35H,16-26H2,1-2H3. The molecule has 2 N–H and O–H groups in total. The van der Waals surface area contributed by atoms with Gasteiger partial charge in [0.1, 0.15) is 17.1 Å². The fraction of sp³-hybridized carbons (Fsp3) is 0.455. The van der Waals surface area contributed by atoms with E-state index in [0.717, 1.165) is 16.7 Å². The first-order valence-electron chi connectivity index (χ1n) is 14.3. The van der Waals surface area contributed by atoms with Crippen molar-refractivity contribution in [2.45, 2.75) is 11.9 Å². The predicted molar refractivity (Wildman–Crippen MR) is 161 cm³/mol. The van der Waals surface area contributed by atoms with Crippen LogP contribution in [0.25, 0.3) is 0 Å². The molecule has 0 radical (unpaired) electrons. The SMILES string of the molecule is COc1ccc(C(OC(CO)OCCOCCOCCOCCOCCO)(c2ccccc2)c2ccc(OC)cc2)cc1. The summed E-state index contributed by atoms with van der Waals surface area (Å²) in [7, 11) is 3.25. The fourth-order valence-electron chi connectivity index (χ4n) is 4.41. The molecule has 0 heterocycles. The molecule has 0 aliphatic rings. The molecule has 10 heteroatoms. The zero-order chi connectivity index (χ0) is 30.6. The lowest BCUT2D eigenvalue weighted by Gasteiger charge is -2.38. The molecule has 10 nitrogen and oxygen atoms in total. The molecular weight excluding hydrogens is 556 g/mol. The summed E-state index contributed by atoms with van der Waals surface area (Å²) in [6, 6.07) is 25.1. The Morgan fingerprint density at radius 2 is 0.953 bits per heavy atom. The summed E-state index contributed by atoms with van der Waals surface area (Å²) >= 11 is 0. The highest BCUT2D eigenvalue weighted by Crippen LogP contribution is 2.42. The van der Waals surface area contributed by atoms with E-state index in [0.29, 0.717) is 64.4 Å². The molecule has 0 saturated heterocycles. The molecule has 0 aromatic heterocycles. The zero-order valence-electron chi connectivity index (χ0n) is 25.0. The van der Waals surface area contributed by atoms with Crippen LogP contribution in [0.2, 0.25) is 0 Å². The molecule has 43 heavy (non-hydrogen) atoms. The first kappa shape index (κ1) is 34.4. The van der Waals surface area contributed by atoms with Crippen molar-refractivity contribution in [3.8, 4) is 11.5 Å². The van der Waals surface area contributed by atoms with Crippen molar-refractivity contribution < 1.29 is 48.1 Å². The Labute approximate surface area is 254 Å². The van der Waals surface area contributed by atoms with Crippen LogP contribution in [0, 0.1) is 0 Å². The van der Waals surface area contributed by atoms with Crippen LogP contribution in [0.4, 0.5) is 0 Å². The van der Waals surface area contributed by atoms with Crippen molar-refractivity contribution in [1.82, 2.24) is 0 Å². The number of rotatable bonds is 23. The van der Waals surface area contributed by atoms with Crippen LogP contribution in [0.15, 0.2) is 78.9 Å². The van der Waals surface area contributed by atoms with Gasteiger partial charge >= 0.3 is 0 Å². The maximum Gasteiger partial charge on any atom is 0.182 e. The third-order valence-corrected chi connectivity index (χ3v) is 6.51. The van der Waals surface area contributed by atoms with Crippen LogP contribution in [0.1, 0.15) is 16.7 Å². The van der Waals surface area contributed by atoms with Crippen molar-refractivity contribution in [3.63, 3.8) is 0 Å². The first-order valence-corrected chi connectivity index (χ1v) is 14.3. The van der Waals surface area contributed by atoms with Gasteiger partial charge in [-0.15, -0.1) is 0 Å². The third-order valence-electron chi connectivity index (χ3n) is 6.51. The molecule has 1 unspecified atom stereocenters. The summed E-state index contributed by atoms with van der Waals surface area (Å²) in [6.07, 6.45) is -0.956. The van der Waals surface area contributed by atoms with Crippen LogP contribution >= 0.6 is 0 Å². The highest BCUT2D eigenvalue weighted by atomic mass is 16.7. The summed E-state index contributed by atoms with van der Waals surface area (Å²) in [4.78, 5) is 0. The average Bonchev–Trinajstić information content (AvgIpc) is 3.07. The number of hydrogen-bond donors (Lipinski definition) is 2. The summed E-state index contributed by atoms with van der Waals surface area (Å²) in [5.41, 5.74) is 1.42. The molecule has 0 spiro atoms. The van der Waals surface area contributed by atoms with E-state index >= 15 is 0 Å². The van der Waals surface area contributed by atoms with Gasteiger partial charge in [0, 0.05) is 0 Å². The van der Waals surface area contributed by atoms with E-state index in [4.69, 9.17) is 43.0 Å². The Morgan fingerprint density at radius 1 is 0.535 bits per heavy atom. The number of benzene rings is 3. The Bertz CT molecular complexity index is 1060. The first-order chi connectivity index (χ1) is 21.2. The topological polar surface area (TPSA) is 114 Å². The second-order valence-electron chi connectivity index (χ2n) is 9.28. The van der Waals surface area contributed by atoms with Crippen molar-refractivity contribution in [1.29, 1.82) is 0 Å². The number of ether oxygens (including phenoxy) is 8. The Hall–Kier alpha value is -3.06. The minimum atomic E-state index is -1.12. The zero-order valence-corrected chi connectivity index (χ0v) is 25.0. The molecule has 3 aromatic rings. The van der Waals surface area contributed by atoms with E-state index in [1.54, 1.807) is 14.2 Å². The van der Waals surface area contributed by atoms with Crippen molar-refractivity contribution >= 4 is 0 Å². The molecule has 0 aliphatic carbocycles. The van der Waals surface area contributed by atoms with Gasteiger partial charge in [-0.1, -0.05) is 54.6 Å². The summed E-state index contributed by atoms with van der Waals surface area (Å²) in [5, 5.41) is 19.0. The minimum absolute atomic E-state index is 0.00366. The molecule has 3 rings (SSSR count).